The first kappa shape index (κ1) is 10.1. The minimum atomic E-state index is 0.0155. The van der Waals surface area contributed by atoms with Gasteiger partial charge in [-0.15, -0.1) is 0 Å². The molecule has 86 valence electrons. The summed E-state index contributed by atoms with van der Waals surface area (Å²) >= 11 is 0. The molecule has 3 heteroatoms. The highest BCUT2D eigenvalue weighted by Gasteiger charge is 2.48. The number of ether oxygens (including phenoxy) is 2. The van der Waals surface area contributed by atoms with E-state index in [0.717, 1.165) is 38.7 Å². The first-order valence-electron chi connectivity index (χ1n) is 6.36. The molecular weight excluding hydrogens is 190 g/mol. The van der Waals surface area contributed by atoms with Crippen molar-refractivity contribution in [1.82, 2.24) is 5.32 Å². The third-order valence-corrected chi connectivity index (χ3v) is 4.28. The van der Waals surface area contributed by atoms with Crippen LogP contribution in [0.1, 0.15) is 32.1 Å². The van der Waals surface area contributed by atoms with Crippen LogP contribution < -0.4 is 5.32 Å². The Hall–Kier alpha value is -0.120. The quantitative estimate of drug-likeness (QED) is 0.709. The van der Waals surface area contributed by atoms with Crippen molar-refractivity contribution in [3.8, 4) is 0 Å². The van der Waals surface area contributed by atoms with Gasteiger partial charge in [-0.1, -0.05) is 6.42 Å². The summed E-state index contributed by atoms with van der Waals surface area (Å²) in [5.74, 6) is 0.840. The average Bonchev–Trinajstić information content (AvgIpc) is 2.20. The minimum absolute atomic E-state index is 0.0155. The van der Waals surface area contributed by atoms with Gasteiger partial charge in [0.15, 0.2) is 0 Å². The number of hydrogen-bond acceptors (Lipinski definition) is 3. The second-order valence-corrected chi connectivity index (χ2v) is 5.19. The Morgan fingerprint density at radius 3 is 2.73 bits per heavy atom. The second kappa shape index (κ2) is 4.04. The Morgan fingerprint density at radius 1 is 1.13 bits per heavy atom. The third kappa shape index (κ3) is 1.71. The zero-order valence-electron chi connectivity index (χ0n) is 9.34. The van der Waals surface area contributed by atoms with Crippen molar-refractivity contribution >= 4 is 0 Å². The van der Waals surface area contributed by atoms with Crippen LogP contribution in [0.15, 0.2) is 0 Å². The topological polar surface area (TPSA) is 30.5 Å². The standard InChI is InChI=1S/C12H21NO2/c1-3-10(4-1)11-12(15-8-6-13-11)5-2-7-14-9-12/h10-11,13H,1-9H2. The molecule has 0 radical (unpaired) electrons. The van der Waals surface area contributed by atoms with E-state index in [1.54, 1.807) is 0 Å². The summed E-state index contributed by atoms with van der Waals surface area (Å²) < 4.78 is 11.7. The van der Waals surface area contributed by atoms with Gasteiger partial charge in [-0.3, -0.25) is 0 Å². The molecule has 1 N–H and O–H groups in total. The van der Waals surface area contributed by atoms with E-state index < -0.39 is 0 Å². The molecule has 2 saturated heterocycles. The first-order valence-corrected chi connectivity index (χ1v) is 6.36. The maximum Gasteiger partial charge on any atom is 0.107 e. The van der Waals surface area contributed by atoms with E-state index in [2.05, 4.69) is 5.32 Å². The van der Waals surface area contributed by atoms with Crippen LogP contribution in [-0.2, 0) is 9.47 Å². The van der Waals surface area contributed by atoms with E-state index in [1.165, 1.54) is 25.7 Å². The van der Waals surface area contributed by atoms with Gasteiger partial charge in [0.25, 0.3) is 0 Å². The van der Waals surface area contributed by atoms with Gasteiger partial charge in [-0.05, 0) is 31.6 Å². The van der Waals surface area contributed by atoms with Gasteiger partial charge in [0.05, 0.1) is 13.2 Å². The van der Waals surface area contributed by atoms with E-state index in [9.17, 15) is 0 Å². The van der Waals surface area contributed by atoms with Crippen LogP contribution >= 0.6 is 0 Å². The Balaban J connectivity index is 1.75. The van der Waals surface area contributed by atoms with Crippen LogP contribution in [0.5, 0.6) is 0 Å². The highest BCUT2D eigenvalue weighted by Crippen LogP contribution is 2.40. The lowest BCUT2D eigenvalue weighted by atomic mass is 9.71. The highest BCUT2D eigenvalue weighted by atomic mass is 16.5. The lowest BCUT2D eigenvalue weighted by molar-refractivity contribution is -0.177. The van der Waals surface area contributed by atoms with Crippen molar-refractivity contribution in [1.29, 1.82) is 0 Å². The van der Waals surface area contributed by atoms with Crippen molar-refractivity contribution in [3.05, 3.63) is 0 Å². The van der Waals surface area contributed by atoms with Gasteiger partial charge in [0, 0.05) is 19.2 Å². The third-order valence-electron chi connectivity index (χ3n) is 4.28. The summed E-state index contributed by atoms with van der Waals surface area (Å²) in [5.41, 5.74) is 0.0155. The predicted molar refractivity (Wildman–Crippen MR) is 57.9 cm³/mol. The maximum atomic E-state index is 6.09. The van der Waals surface area contributed by atoms with Gasteiger partial charge < -0.3 is 14.8 Å². The van der Waals surface area contributed by atoms with E-state index in [1.807, 2.05) is 0 Å². The van der Waals surface area contributed by atoms with Gasteiger partial charge in [0.2, 0.25) is 0 Å². The predicted octanol–water partition coefficient (Wildman–Crippen LogP) is 1.32. The molecule has 1 saturated carbocycles. The summed E-state index contributed by atoms with van der Waals surface area (Å²) in [7, 11) is 0. The molecule has 0 bridgehead atoms. The lowest BCUT2D eigenvalue weighted by Crippen LogP contribution is -2.65. The fourth-order valence-electron chi connectivity index (χ4n) is 3.26. The molecule has 2 heterocycles. The van der Waals surface area contributed by atoms with Crippen LogP contribution in [-0.4, -0.2) is 38.0 Å². The Labute approximate surface area is 91.5 Å². The summed E-state index contributed by atoms with van der Waals surface area (Å²) in [6.07, 6.45) is 6.50. The van der Waals surface area contributed by atoms with Crippen molar-refractivity contribution in [2.45, 2.75) is 43.7 Å². The molecule has 3 fully saturated rings. The zero-order chi connectivity index (χ0) is 10.1. The Morgan fingerprint density at radius 2 is 2.07 bits per heavy atom. The van der Waals surface area contributed by atoms with Crippen molar-refractivity contribution in [2.75, 3.05) is 26.4 Å². The van der Waals surface area contributed by atoms with Crippen LogP contribution in [0.25, 0.3) is 0 Å². The number of rotatable bonds is 1. The SMILES string of the molecule is C1CC(C2NCCOC23CCCOC3)C1. The average molecular weight is 211 g/mol. The highest BCUT2D eigenvalue weighted by molar-refractivity contribution is 5.02. The van der Waals surface area contributed by atoms with Crippen LogP contribution in [0, 0.1) is 5.92 Å². The van der Waals surface area contributed by atoms with Crippen LogP contribution in [0.2, 0.25) is 0 Å². The molecular formula is C12H21NO2. The van der Waals surface area contributed by atoms with Crippen molar-refractivity contribution in [3.63, 3.8) is 0 Å². The molecule has 1 aliphatic carbocycles. The molecule has 0 aromatic rings. The molecule has 2 unspecified atom stereocenters. The molecule has 0 amide bonds. The van der Waals surface area contributed by atoms with Crippen LogP contribution in [0.4, 0.5) is 0 Å². The molecule has 1 spiro atoms. The van der Waals surface area contributed by atoms with E-state index in [-0.39, 0.29) is 5.60 Å². The fourth-order valence-corrected chi connectivity index (χ4v) is 3.26. The van der Waals surface area contributed by atoms with Gasteiger partial charge in [-0.25, -0.2) is 0 Å². The smallest absolute Gasteiger partial charge is 0.107 e. The monoisotopic (exact) mass is 211 g/mol. The van der Waals surface area contributed by atoms with Gasteiger partial charge >= 0.3 is 0 Å². The number of nitrogens with one attached hydrogen (secondary N) is 1. The van der Waals surface area contributed by atoms with Gasteiger partial charge in [0.1, 0.15) is 5.60 Å². The Bertz CT molecular complexity index is 213. The number of morpholine rings is 1. The lowest BCUT2D eigenvalue weighted by Gasteiger charge is -2.51. The van der Waals surface area contributed by atoms with Crippen LogP contribution in [0.3, 0.4) is 0 Å². The molecule has 0 aromatic carbocycles. The van der Waals surface area contributed by atoms with E-state index in [4.69, 9.17) is 9.47 Å². The van der Waals surface area contributed by atoms with E-state index >= 15 is 0 Å². The van der Waals surface area contributed by atoms with E-state index in [0.29, 0.717) is 6.04 Å². The molecule has 3 nitrogen and oxygen atoms in total. The summed E-state index contributed by atoms with van der Waals surface area (Å²) in [4.78, 5) is 0. The second-order valence-electron chi connectivity index (χ2n) is 5.19. The number of hydrogen-bond donors (Lipinski definition) is 1. The fraction of sp³-hybridized carbons (Fsp3) is 1.00. The summed E-state index contributed by atoms with van der Waals surface area (Å²) in [6.45, 7) is 3.60. The summed E-state index contributed by atoms with van der Waals surface area (Å²) in [5, 5.41) is 3.68. The molecule has 15 heavy (non-hydrogen) atoms. The summed E-state index contributed by atoms with van der Waals surface area (Å²) in [6, 6.07) is 0.556. The van der Waals surface area contributed by atoms with Crippen molar-refractivity contribution < 1.29 is 9.47 Å². The molecule has 2 atom stereocenters. The largest absolute Gasteiger partial charge is 0.378 e. The maximum absolute atomic E-state index is 6.09. The van der Waals surface area contributed by atoms with Gasteiger partial charge in [-0.2, -0.15) is 0 Å². The molecule has 0 aromatic heterocycles. The molecule has 3 rings (SSSR count). The molecule has 2 aliphatic heterocycles. The minimum Gasteiger partial charge on any atom is -0.378 e. The zero-order valence-corrected chi connectivity index (χ0v) is 9.34. The Kier molecular flexibility index (Phi) is 2.71. The molecule has 3 aliphatic rings. The first-order chi connectivity index (χ1) is 7.41. The normalized spacial score (nSPS) is 42.8. The van der Waals surface area contributed by atoms with Crippen molar-refractivity contribution in [2.24, 2.45) is 5.92 Å².